The number of nitrogens with zero attached hydrogens (tertiary/aromatic N) is 1. The Morgan fingerprint density at radius 3 is 2.45 bits per heavy atom. The van der Waals surface area contributed by atoms with E-state index in [0.29, 0.717) is 29.3 Å². The summed E-state index contributed by atoms with van der Waals surface area (Å²) in [5.74, 6) is -0.0316. The molecule has 0 unspecified atom stereocenters. The number of ketones is 1. The summed E-state index contributed by atoms with van der Waals surface area (Å²) in [5.41, 5.74) is 2.55. The molecule has 1 aliphatic rings. The predicted octanol–water partition coefficient (Wildman–Crippen LogP) is 4.33. The van der Waals surface area contributed by atoms with Gasteiger partial charge in [-0.2, -0.15) is 0 Å². The standard InChI is InChI=1S/C27H27NO5/c1-17-9-10-19(18(2)13-17)16-28-23-8-6-5-7-22(23)27(31,26(28)30)15-24(29)21-12-11-20(32-3)14-25(21)33-4/h5-14,31H,15-16H2,1-4H3/t27-/m0/s1. The van der Waals surface area contributed by atoms with Crippen molar-refractivity contribution in [3.05, 3.63) is 88.5 Å². The summed E-state index contributed by atoms with van der Waals surface area (Å²) in [6.07, 6.45) is -0.394. The van der Waals surface area contributed by atoms with Gasteiger partial charge in [0.1, 0.15) is 11.5 Å². The minimum atomic E-state index is -1.96. The number of hydrogen-bond acceptors (Lipinski definition) is 5. The number of amides is 1. The van der Waals surface area contributed by atoms with Gasteiger partial charge >= 0.3 is 0 Å². The van der Waals surface area contributed by atoms with Crippen LogP contribution in [0.4, 0.5) is 5.69 Å². The topological polar surface area (TPSA) is 76.1 Å². The van der Waals surface area contributed by atoms with Crippen molar-refractivity contribution in [1.29, 1.82) is 0 Å². The Morgan fingerprint density at radius 1 is 1.00 bits per heavy atom. The smallest absolute Gasteiger partial charge is 0.264 e. The van der Waals surface area contributed by atoms with Gasteiger partial charge in [-0.15, -0.1) is 0 Å². The van der Waals surface area contributed by atoms with Crippen LogP contribution in [-0.4, -0.2) is 31.0 Å². The van der Waals surface area contributed by atoms with Crippen LogP contribution in [0.5, 0.6) is 11.5 Å². The molecule has 1 N–H and O–H groups in total. The summed E-state index contributed by atoms with van der Waals surface area (Å²) in [5, 5.41) is 11.6. The molecule has 33 heavy (non-hydrogen) atoms. The normalized spacial score (nSPS) is 17.1. The molecule has 0 bridgehead atoms. The van der Waals surface area contributed by atoms with Gasteiger partial charge in [-0.1, -0.05) is 42.0 Å². The second-order valence-electron chi connectivity index (χ2n) is 8.36. The molecule has 1 amide bonds. The Labute approximate surface area is 193 Å². The molecule has 6 nitrogen and oxygen atoms in total. The largest absolute Gasteiger partial charge is 0.497 e. The van der Waals surface area contributed by atoms with E-state index in [1.807, 2.05) is 32.0 Å². The molecule has 3 aromatic carbocycles. The lowest BCUT2D eigenvalue weighted by atomic mass is 9.88. The van der Waals surface area contributed by atoms with Crippen LogP contribution in [0.25, 0.3) is 0 Å². The molecule has 0 fully saturated rings. The number of carbonyl (C=O) groups excluding carboxylic acids is 2. The molecule has 0 saturated carbocycles. The second-order valence-corrected chi connectivity index (χ2v) is 8.36. The van der Waals surface area contributed by atoms with Crippen LogP contribution in [0.15, 0.2) is 60.7 Å². The molecule has 0 radical (unpaired) electrons. The number of methoxy groups -OCH3 is 2. The zero-order valence-corrected chi connectivity index (χ0v) is 19.2. The summed E-state index contributed by atoms with van der Waals surface area (Å²) in [6, 6.07) is 18.0. The number of benzene rings is 3. The van der Waals surface area contributed by atoms with Crippen LogP contribution < -0.4 is 14.4 Å². The maximum absolute atomic E-state index is 13.6. The molecule has 4 rings (SSSR count). The van der Waals surface area contributed by atoms with Crippen LogP contribution in [-0.2, 0) is 16.9 Å². The Kier molecular flexibility index (Phi) is 5.95. The number of rotatable bonds is 7. The average molecular weight is 446 g/mol. The molecular weight excluding hydrogens is 418 g/mol. The number of para-hydroxylation sites is 1. The van der Waals surface area contributed by atoms with Crippen molar-refractivity contribution in [2.75, 3.05) is 19.1 Å². The van der Waals surface area contributed by atoms with Gasteiger partial charge in [0.2, 0.25) is 0 Å². The number of hydrogen-bond donors (Lipinski definition) is 1. The van der Waals surface area contributed by atoms with Gasteiger partial charge in [0.25, 0.3) is 5.91 Å². The number of aliphatic hydroxyl groups is 1. The Bertz CT molecular complexity index is 1230. The third-order valence-electron chi connectivity index (χ3n) is 6.19. The third-order valence-corrected chi connectivity index (χ3v) is 6.19. The fourth-order valence-corrected chi connectivity index (χ4v) is 4.38. The van der Waals surface area contributed by atoms with Crippen molar-refractivity contribution in [1.82, 2.24) is 0 Å². The summed E-state index contributed by atoms with van der Waals surface area (Å²) in [7, 11) is 2.99. The van der Waals surface area contributed by atoms with Gasteiger partial charge in [0, 0.05) is 11.6 Å². The first-order valence-electron chi connectivity index (χ1n) is 10.7. The molecule has 6 heteroatoms. The van der Waals surface area contributed by atoms with E-state index in [9.17, 15) is 14.7 Å². The van der Waals surface area contributed by atoms with Crippen LogP contribution in [0, 0.1) is 13.8 Å². The highest BCUT2D eigenvalue weighted by molar-refractivity contribution is 6.11. The number of anilines is 1. The highest BCUT2D eigenvalue weighted by Gasteiger charge is 2.51. The molecule has 170 valence electrons. The van der Waals surface area contributed by atoms with Gasteiger partial charge in [0.05, 0.1) is 38.4 Å². The number of Topliss-reactive ketones (excluding diaryl/α,β-unsaturated/α-hetero) is 1. The van der Waals surface area contributed by atoms with E-state index in [4.69, 9.17) is 9.47 Å². The highest BCUT2D eigenvalue weighted by atomic mass is 16.5. The fourth-order valence-electron chi connectivity index (χ4n) is 4.38. The first-order valence-corrected chi connectivity index (χ1v) is 10.7. The maximum atomic E-state index is 13.6. The monoisotopic (exact) mass is 445 g/mol. The number of carbonyl (C=O) groups is 2. The van der Waals surface area contributed by atoms with Crippen molar-refractivity contribution in [2.24, 2.45) is 0 Å². The first kappa shape index (κ1) is 22.6. The van der Waals surface area contributed by atoms with E-state index in [-0.39, 0.29) is 5.56 Å². The SMILES string of the molecule is COc1ccc(C(=O)C[C@@]2(O)C(=O)N(Cc3ccc(C)cc3C)c3ccccc32)c(OC)c1. The van der Waals surface area contributed by atoms with E-state index in [1.165, 1.54) is 14.2 Å². The average Bonchev–Trinajstić information content (AvgIpc) is 3.02. The van der Waals surface area contributed by atoms with Crippen LogP contribution >= 0.6 is 0 Å². The lowest BCUT2D eigenvalue weighted by Gasteiger charge is -2.23. The first-order chi connectivity index (χ1) is 15.8. The van der Waals surface area contributed by atoms with Crippen molar-refractivity contribution >= 4 is 17.4 Å². The van der Waals surface area contributed by atoms with Crippen LogP contribution in [0.1, 0.15) is 39.0 Å². The third kappa shape index (κ3) is 3.98. The highest BCUT2D eigenvalue weighted by Crippen LogP contribution is 2.44. The zero-order valence-electron chi connectivity index (χ0n) is 19.2. The molecule has 1 heterocycles. The van der Waals surface area contributed by atoms with Gasteiger partial charge < -0.3 is 19.5 Å². The summed E-state index contributed by atoms with van der Waals surface area (Å²) < 4.78 is 10.5. The number of aryl methyl sites for hydroxylation is 2. The molecule has 3 aromatic rings. The van der Waals surface area contributed by atoms with Crippen molar-refractivity contribution in [3.63, 3.8) is 0 Å². The number of ether oxygens (including phenoxy) is 2. The predicted molar refractivity (Wildman–Crippen MR) is 126 cm³/mol. The van der Waals surface area contributed by atoms with E-state index >= 15 is 0 Å². The second kappa shape index (κ2) is 8.71. The Morgan fingerprint density at radius 2 is 1.76 bits per heavy atom. The minimum Gasteiger partial charge on any atom is -0.497 e. The van der Waals surface area contributed by atoms with Crippen molar-refractivity contribution in [2.45, 2.75) is 32.4 Å². The lowest BCUT2D eigenvalue weighted by Crippen LogP contribution is -2.41. The molecule has 1 atom stereocenters. The fraction of sp³-hybridized carbons (Fsp3) is 0.259. The quantitative estimate of drug-likeness (QED) is 0.548. The molecular formula is C27H27NO5. The molecule has 0 aliphatic carbocycles. The minimum absolute atomic E-state index is 0.282. The molecule has 0 spiro atoms. The van der Waals surface area contributed by atoms with Gasteiger partial charge in [-0.05, 0) is 43.2 Å². The van der Waals surface area contributed by atoms with E-state index in [1.54, 1.807) is 41.3 Å². The van der Waals surface area contributed by atoms with Crippen molar-refractivity contribution < 1.29 is 24.2 Å². The Hall–Kier alpha value is -3.64. The van der Waals surface area contributed by atoms with Crippen LogP contribution in [0.3, 0.4) is 0 Å². The number of fused-ring (bicyclic) bond motifs is 1. The van der Waals surface area contributed by atoms with Crippen LogP contribution in [0.2, 0.25) is 0 Å². The van der Waals surface area contributed by atoms with Gasteiger partial charge in [0.15, 0.2) is 11.4 Å². The van der Waals surface area contributed by atoms with Crippen molar-refractivity contribution in [3.8, 4) is 11.5 Å². The molecule has 0 saturated heterocycles. The summed E-state index contributed by atoms with van der Waals surface area (Å²) in [6.45, 7) is 4.33. The molecule has 0 aromatic heterocycles. The summed E-state index contributed by atoms with van der Waals surface area (Å²) >= 11 is 0. The van der Waals surface area contributed by atoms with Gasteiger partial charge in [-0.3, -0.25) is 9.59 Å². The Balaban J connectivity index is 1.69. The van der Waals surface area contributed by atoms with E-state index < -0.39 is 23.7 Å². The summed E-state index contributed by atoms with van der Waals surface area (Å²) in [4.78, 5) is 28.4. The zero-order chi connectivity index (χ0) is 23.8. The molecule has 1 aliphatic heterocycles. The van der Waals surface area contributed by atoms with E-state index in [2.05, 4.69) is 6.07 Å². The van der Waals surface area contributed by atoms with E-state index in [0.717, 1.165) is 16.7 Å². The maximum Gasteiger partial charge on any atom is 0.264 e. The van der Waals surface area contributed by atoms with Gasteiger partial charge in [-0.25, -0.2) is 0 Å². The lowest BCUT2D eigenvalue weighted by molar-refractivity contribution is -0.136.